The molecular formula is C24H27Cl2N3O4. The highest BCUT2D eigenvalue weighted by molar-refractivity contribution is 6.35. The van der Waals surface area contributed by atoms with Gasteiger partial charge in [-0.3, -0.25) is 0 Å². The van der Waals surface area contributed by atoms with Gasteiger partial charge in [-0.05, 0) is 68.7 Å². The van der Waals surface area contributed by atoms with E-state index in [1.54, 1.807) is 18.2 Å². The molecule has 2 amide bonds. The van der Waals surface area contributed by atoms with Crippen LogP contribution in [0, 0.1) is 0 Å². The van der Waals surface area contributed by atoms with Gasteiger partial charge in [-0.2, -0.15) is 0 Å². The number of aromatic nitrogens is 1. The van der Waals surface area contributed by atoms with Crippen molar-refractivity contribution in [1.29, 1.82) is 0 Å². The molecule has 1 aromatic heterocycles. The SMILES string of the molecule is CC(C)(Oc1ccc2c(ccn2CCNC(=O)NCCCc2ccc(Cl)cc2Cl)c1)C(=O)O. The van der Waals surface area contributed by atoms with Crippen molar-refractivity contribution in [3.8, 4) is 5.75 Å². The van der Waals surface area contributed by atoms with Gasteiger partial charge in [0.15, 0.2) is 5.60 Å². The number of halogens is 2. The molecule has 0 atom stereocenters. The minimum Gasteiger partial charge on any atom is -0.478 e. The van der Waals surface area contributed by atoms with Crippen LogP contribution in [-0.2, 0) is 17.8 Å². The normalized spacial score (nSPS) is 11.4. The van der Waals surface area contributed by atoms with Crippen LogP contribution < -0.4 is 15.4 Å². The second kappa shape index (κ2) is 10.8. The van der Waals surface area contributed by atoms with Crippen LogP contribution in [0.4, 0.5) is 4.79 Å². The number of fused-ring (bicyclic) bond motifs is 1. The molecule has 33 heavy (non-hydrogen) atoms. The van der Waals surface area contributed by atoms with Crippen LogP contribution in [0.3, 0.4) is 0 Å². The summed E-state index contributed by atoms with van der Waals surface area (Å²) in [6.07, 6.45) is 3.44. The van der Waals surface area contributed by atoms with Crippen molar-refractivity contribution in [2.75, 3.05) is 13.1 Å². The Balaban J connectivity index is 1.43. The van der Waals surface area contributed by atoms with Crippen LogP contribution in [0.15, 0.2) is 48.7 Å². The van der Waals surface area contributed by atoms with Gasteiger partial charge in [0.1, 0.15) is 5.75 Å². The number of carboxylic acid groups (broad SMARTS) is 1. The average Bonchev–Trinajstić information content (AvgIpc) is 3.14. The van der Waals surface area contributed by atoms with Crippen LogP contribution in [0.1, 0.15) is 25.8 Å². The standard InChI is InChI=1S/C24H27Cl2N3O4/c1-24(2,22(30)31)33-19-7-8-21-17(14-19)9-12-29(21)13-11-28-23(32)27-10-3-4-16-5-6-18(25)15-20(16)26/h5-9,12,14-15H,3-4,10-11,13H2,1-2H3,(H,30,31)(H2,27,28,32). The number of ether oxygens (including phenoxy) is 1. The Bertz CT molecular complexity index is 1140. The fourth-order valence-corrected chi connectivity index (χ4v) is 3.84. The second-order valence-corrected chi connectivity index (χ2v) is 9.01. The first-order valence-corrected chi connectivity index (χ1v) is 11.4. The van der Waals surface area contributed by atoms with Crippen LogP contribution in [0.2, 0.25) is 10.0 Å². The van der Waals surface area contributed by atoms with Gasteiger partial charge >= 0.3 is 12.0 Å². The smallest absolute Gasteiger partial charge is 0.347 e. The van der Waals surface area contributed by atoms with E-state index in [1.807, 2.05) is 35.0 Å². The number of aryl methyl sites for hydroxylation is 1. The molecule has 3 rings (SSSR count). The average molecular weight is 492 g/mol. The van der Waals surface area contributed by atoms with E-state index in [-0.39, 0.29) is 6.03 Å². The molecule has 0 aliphatic rings. The molecule has 2 aromatic carbocycles. The van der Waals surface area contributed by atoms with Gasteiger partial charge in [-0.15, -0.1) is 0 Å². The zero-order valence-corrected chi connectivity index (χ0v) is 20.0. The Kier molecular flexibility index (Phi) is 8.10. The van der Waals surface area contributed by atoms with Crippen molar-refractivity contribution in [2.45, 2.75) is 38.8 Å². The molecule has 0 radical (unpaired) electrons. The lowest BCUT2D eigenvalue weighted by atomic mass is 10.1. The third-order valence-corrected chi connectivity index (χ3v) is 5.78. The van der Waals surface area contributed by atoms with Gasteiger partial charge in [-0.1, -0.05) is 29.3 Å². The summed E-state index contributed by atoms with van der Waals surface area (Å²) < 4.78 is 7.61. The highest BCUT2D eigenvalue weighted by Gasteiger charge is 2.29. The predicted octanol–water partition coefficient (Wildman–Crippen LogP) is 5.12. The molecule has 7 nitrogen and oxygen atoms in total. The molecule has 3 N–H and O–H groups in total. The molecule has 0 saturated carbocycles. The number of hydrogen-bond acceptors (Lipinski definition) is 3. The summed E-state index contributed by atoms with van der Waals surface area (Å²) >= 11 is 12.1. The minimum absolute atomic E-state index is 0.222. The van der Waals surface area contributed by atoms with Gasteiger partial charge in [0.25, 0.3) is 0 Å². The summed E-state index contributed by atoms with van der Waals surface area (Å²) in [5.74, 6) is -0.539. The lowest BCUT2D eigenvalue weighted by Gasteiger charge is -2.21. The predicted molar refractivity (Wildman–Crippen MR) is 130 cm³/mol. The van der Waals surface area contributed by atoms with Crippen LogP contribution in [-0.4, -0.2) is 40.4 Å². The van der Waals surface area contributed by atoms with Gasteiger partial charge in [0.05, 0.1) is 0 Å². The number of rotatable bonds is 10. The van der Waals surface area contributed by atoms with E-state index in [0.717, 1.165) is 29.3 Å². The Morgan fingerprint density at radius 2 is 1.82 bits per heavy atom. The molecule has 0 saturated heterocycles. The zero-order chi connectivity index (χ0) is 24.0. The fourth-order valence-electron chi connectivity index (χ4n) is 3.33. The topological polar surface area (TPSA) is 92.6 Å². The van der Waals surface area contributed by atoms with E-state index in [4.69, 9.17) is 27.9 Å². The van der Waals surface area contributed by atoms with Gasteiger partial charge in [0, 0.05) is 46.8 Å². The van der Waals surface area contributed by atoms with E-state index in [0.29, 0.717) is 35.4 Å². The number of carboxylic acids is 1. The third-order valence-electron chi connectivity index (χ3n) is 5.19. The summed E-state index contributed by atoms with van der Waals surface area (Å²) in [6, 6.07) is 12.6. The van der Waals surface area contributed by atoms with E-state index >= 15 is 0 Å². The van der Waals surface area contributed by atoms with Crippen LogP contribution in [0.25, 0.3) is 10.9 Å². The third kappa shape index (κ3) is 6.79. The highest BCUT2D eigenvalue weighted by atomic mass is 35.5. The molecular weight excluding hydrogens is 465 g/mol. The number of nitrogens with zero attached hydrogens (tertiary/aromatic N) is 1. The van der Waals surface area contributed by atoms with Gasteiger partial charge in [0.2, 0.25) is 0 Å². The Hall–Kier alpha value is -2.90. The molecule has 0 fully saturated rings. The molecule has 1 heterocycles. The zero-order valence-electron chi connectivity index (χ0n) is 18.5. The highest BCUT2D eigenvalue weighted by Crippen LogP contribution is 2.25. The second-order valence-electron chi connectivity index (χ2n) is 8.17. The number of urea groups is 1. The summed E-state index contributed by atoms with van der Waals surface area (Å²) in [6.45, 7) is 4.61. The lowest BCUT2D eigenvalue weighted by molar-refractivity contribution is -0.152. The maximum absolute atomic E-state index is 12.1. The maximum Gasteiger partial charge on any atom is 0.347 e. The summed E-state index contributed by atoms with van der Waals surface area (Å²) in [4.78, 5) is 23.3. The number of benzene rings is 2. The van der Waals surface area contributed by atoms with Gasteiger partial charge in [-0.25, -0.2) is 9.59 Å². The summed E-state index contributed by atoms with van der Waals surface area (Å²) in [7, 11) is 0. The number of carbonyl (C=O) groups excluding carboxylic acids is 1. The molecule has 176 valence electrons. The molecule has 0 spiro atoms. The van der Waals surface area contributed by atoms with Crippen molar-refractivity contribution in [1.82, 2.24) is 15.2 Å². The summed E-state index contributed by atoms with van der Waals surface area (Å²) in [5, 5.41) is 17.1. The molecule has 0 bridgehead atoms. The molecule has 9 heteroatoms. The molecule has 3 aromatic rings. The Morgan fingerprint density at radius 1 is 1.06 bits per heavy atom. The largest absolute Gasteiger partial charge is 0.478 e. The van der Waals surface area contributed by atoms with Crippen molar-refractivity contribution in [3.63, 3.8) is 0 Å². The first kappa shape index (κ1) is 24.7. The van der Waals surface area contributed by atoms with Crippen LogP contribution >= 0.6 is 23.2 Å². The number of nitrogens with one attached hydrogen (secondary N) is 2. The minimum atomic E-state index is -1.31. The number of carbonyl (C=O) groups is 2. The number of hydrogen-bond donors (Lipinski definition) is 3. The van der Waals surface area contributed by atoms with E-state index in [9.17, 15) is 14.7 Å². The van der Waals surface area contributed by atoms with Crippen molar-refractivity contribution < 1.29 is 19.4 Å². The lowest BCUT2D eigenvalue weighted by Crippen LogP contribution is -2.37. The monoisotopic (exact) mass is 491 g/mol. The van der Waals surface area contributed by atoms with Crippen molar-refractivity contribution in [3.05, 3.63) is 64.3 Å². The van der Waals surface area contributed by atoms with E-state index < -0.39 is 11.6 Å². The maximum atomic E-state index is 12.1. The molecule has 0 aliphatic heterocycles. The first-order chi connectivity index (χ1) is 15.7. The quantitative estimate of drug-likeness (QED) is 0.343. The fraction of sp³-hybridized carbons (Fsp3) is 0.333. The van der Waals surface area contributed by atoms with Crippen molar-refractivity contribution in [2.24, 2.45) is 0 Å². The molecule has 0 unspecified atom stereocenters. The van der Waals surface area contributed by atoms with Crippen LogP contribution in [0.5, 0.6) is 5.75 Å². The van der Waals surface area contributed by atoms with Gasteiger partial charge < -0.3 is 25.0 Å². The Morgan fingerprint density at radius 3 is 2.55 bits per heavy atom. The van der Waals surface area contributed by atoms with E-state index in [1.165, 1.54) is 13.8 Å². The summed E-state index contributed by atoms with van der Waals surface area (Å²) in [5.41, 5.74) is 0.662. The van der Waals surface area contributed by atoms with E-state index in [2.05, 4.69) is 10.6 Å². The number of amides is 2. The van der Waals surface area contributed by atoms with Crippen molar-refractivity contribution >= 4 is 46.1 Å². The number of aliphatic carboxylic acids is 1. The first-order valence-electron chi connectivity index (χ1n) is 10.6. The Labute approximate surface area is 202 Å². The molecule has 0 aliphatic carbocycles.